The van der Waals surface area contributed by atoms with Gasteiger partial charge in [-0.25, -0.2) is 0 Å². The fourth-order valence-corrected chi connectivity index (χ4v) is 3.15. The second-order valence-electron chi connectivity index (χ2n) is 5.69. The first kappa shape index (κ1) is 16.6. The lowest BCUT2D eigenvalue weighted by atomic mass is 9.97. The number of carbonyl (C=O) groups excluding carboxylic acids is 1. The number of benzene rings is 1. The van der Waals surface area contributed by atoms with Gasteiger partial charge in [-0.1, -0.05) is 48.5 Å². The third kappa shape index (κ3) is 5.50. The molecule has 21 heavy (non-hydrogen) atoms. The Morgan fingerprint density at radius 2 is 1.81 bits per heavy atom. The van der Waals surface area contributed by atoms with Gasteiger partial charge >= 0.3 is 0 Å². The van der Waals surface area contributed by atoms with Crippen LogP contribution in [0.4, 0.5) is 5.69 Å². The number of hydrogen-bond donors (Lipinski definition) is 2. The predicted molar refractivity (Wildman–Crippen MR) is 88.0 cm³/mol. The zero-order valence-corrected chi connectivity index (χ0v) is 13.7. The average molecular weight is 330 g/mol. The molecule has 1 fully saturated rings. The highest BCUT2D eigenvalue weighted by atomic mass is 35.5. The first-order valence-corrected chi connectivity index (χ1v) is 8.49. The lowest BCUT2D eigenvalue weighted by Crippen LogP contribution is -2.91. The van der Waals surface area contributed by atoms with Crippen molar-refractivity contribution in [3.63, 3.8) is 0 Å². The summed E-state index contributed by atoms with van der Waals surface area (Å²) < 4.78 is 0. The van der Waals surface area contributed by atoms with Crippen LogP contribution in [0.3, 0.4) is 0 Å². The van der Waals surface area contributed by atoms with Gasteiger partial charge in [-0.05, 0) is 37.8 Å². The molecule has 3 nitrogen and oxygen atoms in total. The van der Waals surface area contributed by atoms with E-state index in [-0.39, 0.29) is 5.91 Å². The van der Waals surface area contributed by atoms with Crippen LogP contribution in [0.15, 0.2) is 18.2 Å². The van der Waals surface area contributed by atoms with E-state index in [4.69, 9.17) is 23.2 Å². The molecular formula is C16H23Cl2N2O+. The lowest BCUT2D eigenvalue weighted by Gasteiger charge is -2.18. The van der Waals surface area contributed by atoms with E-state index in [0.717, 1.165) is 0 Å². The van der Waals surface area contributed by atoms with Crippen molar-refractivity contribution >= 4 is 34.8 Å². The van der Waals surface area contributed by atoms with Crippen molar-refractivity contribution in [3.05, 3.63) is 28.2 Å². The molecule has 116 valence electrons. The number of quaternary nitrogens is 1. The summed E-state index contributed by atoms with van der Waals surface area (Å²) in [5, 5.41) is 5.86. The van der Waals surface area contributed by atoms with E-state index < -0.39 is 0 Å². The lowest BCUT2D eigenvalue weighted by molar-refractivity contribution is -0.680. The van der Waals surface area contributed by atoms with Crippen LogP contribution in [0, 0.1) is 0 Å². The normalized spacial score (nSPS) is 17.0. The highest BCUT2D eigenvalue weighted by molar-refractivity contribution is 6.43. The summed E-state index contributed by atoms with van der Waals surface area (Å²) in [5.41, 5.74) is 0.584. The number of hydrogen-bond acceptors (Lipinski definition) is 1. The topological polar surface area (TPSA) is 45.7 Å². The number of rotatable bonds is 4. The summed E-state index contributed by atoms with van der Waals surface area (Å²) in [6.07, 6.45) is 9.01. The maximum atomic E-state index is 12.0. The molecule has 1 amide bonds. The average Bonchev–Trinajstić information content (AvgIpc) is 2.43. The van der Waals surface area contributed by atoms with E-state index in [1.54, 1.807) is 18.2 Å². The minimum atomic E-state index is -0.0266. The van der Waals surface area contributed by atoms with Crippen molar-refractivity contribution in [1.82, 2.24) is 0 Å². The molecule has 5 heteroatoms. The molecule has 0 unspecified atom stereocenters. The van der Waals surface area contributed by atoms with Gasteiger partial charge in [-0.15, -0.1) is 0 Å². The van der Waals surface area contributed by atoms with Crippen LogP contribution in [0.25, 0.3) is 0 Å². The molecule has 2 rings (SSSR count). The number of anilines is 1. The molecule has 0 saturated heterocycles. The molecule has 0 spiro atoms. The zero-order chi connectivity index (χ0) is 15.1. The minimum absolute atomic E-state index is 0.0266. The predicted octanol–water partition coefficient (Wildman–Crippen LogP) is 3.61. The number of amides is 1. The van der Waals surface area contributed by atoms with Crippen LogP contribution >= 0.6 is 23.2 Å². The number of carbonyl (C=O) groups is 1. The van der Waals surface area contributed by atoms with Crippen LogP contribution in [0.5, 0.6) is 0 Å². The summed E-state index contributed by atoms with van der Waals surface area (Å²) in [5.74, 6) is -0.0266. The molecule has 1 aromatic rings. The van der Waals surface area contributed by atoms with E-state index in [1.165, 1.54) is 44.9 Å². The third-order valence-electron chi connectivity index (χ3n) is 4.01. The van der Waals surface area contributed by atoms with Crippen LogP contribution in [-0.2, 0) is 4.79 Å². The molecule has 0 aromatic heterocycles. The second-order valence-corrected chi connectivity index (χ2v) is 6.48. The number of nitrogens with two attached hydrogens (primary N) is 1. The van der Waals surface area contributed by atoms with E-state index in [2.05, 4.69) is 10.6 Å². The van der Waals surface area contributed by atoms with Crippen LogP contribution < -0.4 is 10.6 Å². The molecule has 1 aliphatic carbocycles. The Kier molecular flexibility index (Phi) is 6.81. The smallest absolute Gasteiger partial charge is 0.279 e. The summed E-state index contributed by atoms with van der Waals surface area (Å²) >= 11 is 12.0. The maximum Gasteiger partial charge on any atom is 0.279 e. The Bertz CT molecular complexity index is 471. The molecule has 0 heterocycles. The zero-order valence-electron chi connectivity index (χ0n) is 12.2. The van der Waals surface area contributed by atoms with Gasteiger partial charge in [0.2, 0.25) is 0 Å². The summed E-state index contributed by atoms with van der Waals surface area (Å²) in [4.78, 5) is 12.0. The quantitative estimate of drug-likeness (QED) is 0.870. The largest absolute Gasteiger partial charge is 0.336 e. The van der Waals surface area contributed by atoms with Gasteiger partial charge < -0.3 is 10.6 Å². The standard InChI is InChI=1S/C16H22Cl2N2O/c17-13-9-6-10-14(16(13)18)20-15(21)11-19-12-7-4-2-1-3-5-8-12/h6,9-10,12,19H,1-5,7-8,11H2,(H,20,21)/p+1. The van der Waals surface area contributed by atoms with Crippen molar-refractivity contribution in [2.24, 2.45) is 0 Å². The Labute approximate surface area is 136 Å². The van der Waals surface area contributed by atoms with Gasteiger partial charge in [0.05, 0.1) is 21.8 Å². The highest BCUT2D eigenvalue weighted by Gasteiger charge is 2.16. The SMILES string of the molecule is O=C(C[NH2+]C1CCCCCCC1)Nc1cccc(Cl)c1Cl. The second kappa shape index (κ2) is 8.62. The summed E-state index contributed by atoms with van der Waals surface area (Å²) in [7, 11) is 0. The molecular weight excluding hydrogens is 307 g/mol. The number of halogens is 2. The van der Waals surface area contributed by atoms with Gasteiger partial charge in [0.25, 0.3) is 5.91 Å². The van der Waals surface area contributed by atoms with Crippen molar-refractivity contribution in [3.8, 4) is 0 Å². The maximum absolute atomic E-state index is 12.0. The molecule has 0 aliphatic heterocycles. The van der Waals surface area contributed by atoms with Crippen molar-refractivity contribution in [1.29, 1.82) is 0 Å². The third-order valence-corrected chi connectivity index (χ3v) is 4.83. The van der Waals surface area contributed by atoms with Gasteiger partial charge in [0, 0.05) is 0 Å². The van der Waals surface area contributed by atoms with E-state index in [0.29, 0.717) is 28.3 Å². The minimum Gasteiger partial charge on any atom is -0.336 e. The Hall–Kier alpha value is -0.770. The van der Waals surface area contributed by atoms with Crippen molar-refractivity contribution in [2.45, 2.75) is 51.0 Å². The molecule has 1 saturated carbocycles. The molecule has 0 atom stereocenters. The first-order valence-electron chi connectivity index (χ1n) is 7.74. The fraction of sp³-hybridized carbons (Fsp3) is 0.562. The van der Waals surface area contributed by atoms with Gasteiger partial charge in [0.1, 0.15) is 0 Å². The van der Waals surface area contributed by atoms with Gasteiger partial charge in [0.15, 0.2) is 6.54 Å². The van der Waals surface area contributed by atoms with Crippen molar-refractivity contribution in [2.75, 3.05) is 11.9 Å². The number of nitrogens with one attached hydrogen (secondary N) is 1. The van der Waals surface area contributed by atoms with Crippen LogP contribution in [-0.4, -0.2) is 18.5 Å². The van der Waals surface area contributed by atoms with Crippen molar-refractivity contribution < 1.29 is 10.1 Å². The van der Waals surface area contributed by atoms with E-state index >= 15 is 0 Å². The Balaban J connectivity index is 1.80. The highest BCUT2D eigenvalue weighted by Crippen LogP contribution is 2.29. The molecule has 1 aromatic carbocycles. The first-order chi connectivity index (χ1) is 10.2. The molecule has 0 radical (unpaired) electrons. The Morgan fingerprint density at radius 3 is 2.52 bits per heavy atom. The summed E-state index contributed by atoms with van der Waals surface area (Å²) in [6.45, 7) is 0.438. The van der Waals surface area contributed by atoms with E-state index in [1.807, 2.05) is 0 Å². The molecule has 0 bridgehead atoms. The molecule has 1 aliphatic rings. The van der Waals surface area contributed by atoms with Crippen LogP contribution in [0.1, 0.15) is 44.9 Å². The fourth-order valence-electron chi connectivity index (χ4n) is 2.80. The van der Waals surface area contributed by atoms with Gasteiger partial charge in [-0.3, -0.25) is 4.79 Å². The Morgan fingerprint density at radius 1 is 1.14 bits per heavy atom. The van der Waals surface area contributed by atoms with Crippen LogP contribution in [0.2, 0.25) is 10.0 Å². The monoisotopic (exact) mass is 329 g/mol. The van der Waals surface area contributed by atoms with Gasteiger partial charge in [-0.2, -0.15) is 0 Å². The molecule has 3 N–H and O–H groups in total. The van der Waals surface area contributed by atoms with E-state index in [9.17, 15) is 4.79 Å². The summed E-state index contributed by atoms with van der Waals surface area (Å²) in [6, 6.07) is 5.83.